The summed E-state index contributed by atoms with van der Waals surface area (Å²) in [5.74, 6) is 1.18. The summed E-state index contributed by atoms with van der Waals surface area (Å²) in [6, 6.07) is 7.82. The minimum Gasteiger partial charge on any atom is -0.486 e. The van der Waals surface area contributed by atoms with Crippen molar-refractivity contribution in [2.75, 3.05) is 26.2 Å². The molecular weight excluding hydrogens is 358 g/mol. The lowest BCUT2D eigenvalue weighted by molar-refractivity contribution is 0.0786. The third-order valence-corrected chi connectivity index (χ3v) is 4.48. The number of carbonyl (C=O) groups is 1. The van der Waals surface area contributed by atoms with Crippen LogP contribution >= 0.6 is 12.4 Å². The van der Waals surface area contributed by atoms with Crippen molar-refractivity contribution in [3.05, 3.63) is 36.2 Å². The van der Waals surface area contributed by atoms with E-state index in [0.717, 1.165) is 31.7 Å². The first-order chi connectivity index (χ1) is 12.3. The van der Waals surface area contributed by atoms with E-state index in [2.05, 4.69) is 20.9 Å². The predicted octanol–water partition coefficient (Wildman–Crippen LogP) is 1.19. The van der Waals surface area contributed by atoms with Gasteiger partial charge in [-0.05, 0) is 38.1 Å². The fourth-order valence-corrected chi connectivity index (χ4v) is 3.09. The summed E-state index contributed by atoms with van der Waals surface area (Å²) in [6.45, 7) is 2.69. The van der Waals surface area contributed by atoms with Crippen LogP contribution in [0.3, 0.4) is 0 Å². The van der Waals surface area contributed by atoms with E-state index in [0.29, 0.717) is 30.6 Å². The van der Waals surface area contributed by atoms with E-state index >= 15 is 0 Å². The van der Waals surface area contributed by atoms with Gasteiger partial charge in [-0.15, -0.1) is 17.5 Å². The van der Waals surface area contributed by atoms with Crippen molar-refractivity contribution in [3.63, 3.8) is 0 Å². The minimum absolute atomic E-state index is 0. The van der Waals surface area contributed by atoms with Crippen molar-refractivity contribution < 1.29 is 14.3 Å². The SMILES string of the molecule is Cl.O=C(NCC1COc2ccccc2O1)c1cn(C2CCNCC2)nn1. The summed E-state index contributed by atoms with van der Waals surface area (Å²) in [5, 5.41) is 14.3. The van der Waals surface area contributed by atoms with Crippen LogP contribution in [-0.4, -0.2) is 53.2 Å². The number of nitrogens with one attached hydrogen (secondary N) is 2. The van der Waals surface area contributed by atoms with Crippen molar-refractivity contribution in [2.45, 2.75) is 25.0 Å². The lowest BCUT2D eigenvalue weighted by Crippen LogP contribution is -2.40. The molecule has 1 fully saturated rings. The second-order valence-electron chi connectivity index (χ2n) is 6.27. The van der Waals surface area contributed by atoms with Crippen molar-refractivity contribution in [1.82, 2.24) is 25.6 Å². The average Bonchev–Trinajstić information content (AvgIpc) is 3.17. The first-order valence-corrected chi connectivity index (χ1v) is 8.59. The molecule has 0 aliphatic carbocycles. The first kappa shape index (κ1) is 18.5. The van der Waals surface area contributed by atoms with Crippen LogP contribution < -0.4 is 20.1 Å². The van der Waals surface area contributed by atoms with Crippen molar-refractivity contribution >= 4 is 18.3 Å². The molecule has 1 saturated heterocycles. The highest BCUT2D eigenvalue weighted by Gasteiger charge is 2.23. The second-order valence-corrected chi connectivity index (χ2v) is 6.27. The van der Waals surface area contributed by atoms with E-state index in [1.54, 1.807) is 10.9 Å². The number of piperidine rings is 1. The number of aromatic nitrogens is 3. The molecule has 9 heteroatoms. The molecule has 1 atom stereocenters. The zero-order valence-electron chi connectivity index (χ0n) is 14.3. The van der Waals surface area contributed by atoms with Gasteiger partial charge in [-0.25, -0.2) is 4.68 Å². The molecule has 2 aromatic rings. The molecule has 1 amide bonds. The van der Waals surface area contributed by atoms with E-state index in [9.17, 15) is 4.79 Å². The van der Waals surface area contributed by atoms with Crippen LogP contribution in [0.4, 0.5) is 0 Å². The molecule has 140 valence electrons. The van der Waals surface area contributed by atoms with Gasteiger partial charge in [0.05, 0.1) is 18.8 Å². The largest absolute Gasteiger partial charge is 0.486 e. The van der Waals surface area contributed by atoms with E-state index < -0.39 is 0 Å². The Hall–Kier alpha value is -2.32. The Labute approximate surface area is 157 Å². The van der Waals surface area contributed by atoms with Gasteiger partial charge in [-0.1, -0.05) is 17.3 Å². The van der Waals surface area contributed by atoms with Crippen molar-refractivity contribution in [1.29, 1.82) is 0 Å². The van der Waals surface area contributed by atoms with Gasteiger partial charge in [0.15, 0.2) is 17.2 Å². The standard InChI is InChI=1S/C17H21N5O3.ClH/c23-17(14-10-22(21-20-14)12-5-7-18-8-6-12)19-9-13-11-24-15-3-1-2-4-16(15)25-13;/h1-4,10,12-13,18H,5-9,11H2,(H,19,23);1H. The molecule has 1 aromatic carbocycles. The summed E-state index contributed by atoms with van der Waals surface area (Å²) >= 11 is 0. The summed E-state index contributed by atoms with van der Waals surface area (Å²) in [4.78, 5) is 12.3. The van der Waals surface area contributed by atoms with E-state index in [1.807, 2.05) is 24.3 Å². The van der Waals surface area contributed by atoms with Gasteiger partial charge < -0.3 is 20.1 Å². The molecule has 0 spiro atoms. The Balaban J connectivity index is 0.00000196. The van der Waals surface area contributed by atoms with Gasteiger partial charge in [0.25, 0.3) is 5.91 Å². The molecular formula is C17H22ClN5O3. The number of halogens is 1. The molecule has 8 nitrogen and oxygen atoms in total. The zero-order chi connectivity index (χ0) is 17.1. The van der Waals surface area contributed by atoms with Crippen LogP contribution in [0.5, 0.6) is 11.5 Å². The smallest absolute Gasteiger partial charge is 0.273 e. The van der Waals surface area contributed by atoms with Crippen molar-refractivity contribution in [3.8, 4) is 11.5 Å². The Morgan fingerprint density at radius 1 is 1.27 bits per heavy atom. The first-order valence-electron chi connectivity index (χ1n) is 8.59. The maximum Gasteiger partial charge on any atom is 0.273 e. The number of amides is 1. The molecule has 3 heterocycles. The second kappa shape index (κ2) is 8.37. The van der Waals surface area contributed by atoms with Gasteiger partial charge in [-0.2, -0.15) is 0 Å². The normalized spacial score (nSPS) is 19.5. The lowest BCUT2D eigenvalue weighted by Gasteiger charge is -2.26. The maximum absolute atomic E-state index is 12.3. The number of fused-ring (bicyclic) bond motifs is 1. The topological polar surface area (TPSA) is 90.3 Å². The zero-order valence-corrected chi connectivity index (χ0v) is 15.1. The van der Waals surface area contributed by atoms with Crippen LogP contribution in [0, 0.1) is 0 Å². The Kier molecular flexibility index (Phi) is 5.95. The Bertz CT molecular complexity index is 748. The van der Waals surface area contributed by atoms with Crippen molar-refractivity contribution in [2.24, 2.45) is 0 Å². The fraction of sp³-hybridized carbons (Fsp3) is 0.471. The van der Waals surface area contributed by atoms with Gasteiger partial charge in [-0.3, -0.25) is 4.79 Å². The number of carbonyl (C=O) groups excluding carboxylic acids is 1. The molecule has 2 aliphatic heterocycles. The molecule has 1 unspecified atom stereocenters. The molecule has 0 radical (unpaired) electrons. The molecule has 1 aromatic heterocycles. The molecule has 4 rings (SSSR count). The molecule has 26 heavy (non-hydrogen) atoms. The number of ether oxygens (including phenoxy) is 2. The number of nitrogens with zero attached hydrogens (tertiary/aromatic N) is 3. The predicted molar refractivity (Wildman–Crippen MR) is 97.1 cm³/mol. The summed E-state index contributed by atoms with van der Waals surface area (Å²) < 4.78 is 13.3. The number of hydrogen-bond acceptors (Lipinski definition) is 6. The third kappa shape index (κ3) is 4.08. The lowest BCUT2D eigenvalue weighted by atomic mass is 10.1. The van der Waals surface area contributed by atoms with E-state index in [4.69, 9.17) is 9.47 Å². The average molecular weight is 380 g/mol. The number of benzene rings is 1. The van der Waals surface area contributed by atoms with Crippen LogP contribution in [0.15, 0.2) is 30.5 Å². The van der Waals surface area contributed by atoms with Gasteiger partial charge in [0.2, 0.25) is 0 Å². The highest BCUT2D eigenvalue weighted by atomic mass is 35.5. The van der Waals surface area contributed by atoms with Gasteiger partial charge >= 0.3 is 0 Å². The minimum atomic E-state index is -0.248. The highest BCUT2D eigenvalue weighted by molar-refractivity contribution is 5.91. The fourth-order valence-electron chi connectivity index (χ4n) is 3.09. The molecule has 2 N–H and O–H groups in total. The summed E-state index contributed by atoms with van der Waals surface area (Å²) in [5.41, 5.74) is 0.329. The maximum atomic E-state index is 12.3. The van der Waals surface area contributed by atoms with Gasteiger partial charge in [0, 0.05) is 0 Å². The number of para-hydroxylation sites is 2. The van der Waals surface area contributed by atoms with E-state index in [1.165, 1.54) is 0 Å². The van der Waals surface area contributed by atoms with Crippen LogP contribution in [-0.2, 0) is 0 Å². The quantitative estimate of drug-likeness (QED) is 0.829. The van der Waals surface area contributed by atoms with Gasteiger partial charge in [0.1, 0.15) is 12.7 Å². The molecule has 0 bridgehead atoms. The summed E-state index contributed by atoms with van der Waals surface area (Å²) in [7, 11) is 0. The third-order valence-electron chi connectivity index (χ3n) is 4.48. The molecule has 2 aliphatic rings. The molecule has 0 saturated carbocycles. The van der Waals surface area contributed by atoms with E-state index in [-0.39, 0.29) is 24.4 Å². The van der Waals surface area contributed by atoms with Crippen LogP contribution in [0.2, 0.25) is 0 Å². The number of rotatable bonds is 4. The number of hydrogen-bond donors (Lipinski definition) is 2. The Morgan fingerprint density at radius 2 is 2.04 bits per heavy atom. The van der Waals surface area contributed by atoms with Crippen LogP contribution in [0.25, 0.3) is 0 Å². The summed E-state index contributed by atoms with van der Waals surface area (Å²) in [6.07, 6.45) is 3.49. The Morgan fingerprint density at radius 3 is 2.85 bits per heavy atom. The van der Waals surface area contributed by atoms with Crippen LogP contribution in [0.1, 0.15) is 29.4 Å². The monoisotopic (exact) mass is 379 g/mol. The highest BCUT2D eigenvalue weighted by Crippen LogP contribution is 2.30.